The van der Waals surface area contributed by atoms with Crippen molar-refractivity contribution in [2.45, 2.75) is 4.83 Å². The van der Waals surface area contributed by atoms with Crippen molar-refractivity contribution in [2.75, 3.05) is 13.7 Å². The molecule has 0 spiro atoms. The fraction of sp³-hybridized carbons (Fsp3) is 0.300. The third kappa shape index (κ3) is 1.50. The number of halogens is 1. The summed E-state index contributed by atoms with van der Waals surface area (Å²) in [5, 5.41) is 0. The van der Waals surface area contributed by atoms with Crippen LogP contribution in [0, 0.1) is 0 Å². The van der Waals surface area contributed by atoms with Crippen LogP contribution in [0.15, 0.2) is 18.2 Å². The van der Waals surface area contributed by atoms with Gasteiger partial charge in [-0.25, -0.2) is 4.79 Å². The number of cyclic esters (lactones) is 1. The van der Waals surface area contributed by atoms with Crippen LogP contribution in [0.2, 0.25) is 0 Å². The lowest BCUT2D eigenvalue weighted by Crippen LogP contribution is -2.19. The summed E-state index contributed by atoms with van der Waals surface area (Å²) in [5.74, 6) is 0.487. The van der Waals surface area contributed by atoms with E-state index in [1.165, 1.54) is 0 Å². The highest BCUT2D eigenvalue weighted by Gasteiger charge is 2.25. The molecule has 1 heterocycles. The molecule has 1 aromatic rings. The minimum absolute atomic E-state index is 0.0605. The lowest BCUT2D eigenvalue weighted by Gasteiger charge is -2.20. The Balaban J connectivity index is 2.50. The van der Waals surface area contributed by atoms with Crippen molar-refractivity contribution in [3.63, 3.8) is 0 Å². The fourth-order valence-corrected chi connectivity index (χ4v) is 1.94. The van der Waals surface area contributed by atoms with Gasteiger partial charge >= 0.3 is 5.97 Å². The molecule has 0 fully saturated rings. The topological polar surface area (TPSA) is 35.5 Å². The Morgan fingerprint density at radius 3 is 3.07 bits per heavy atom. The van der Waals surface area contributed by atoms with Crippen LogP contribution in [0.25, 0.3) is 0 Å². The molecule has 0 radical (unpaired) electrons. The van der Waals surface area contributed by atoms with E-state index in [1.54, 1.807) is 19.2 Å². The van der Waals surface area contributed by atoms with Gasteiger partial charge in [-0.15, -0.1) is 0 Å². The van der Waals surface area contributed by atoms with Crippen molar-refractivity contribution < 1.29 is 14.3 Å². The molecule has 4 heteroatoms. The Hall–Kier alpha value is -1.03. The number of alkyl halides is 1. The highest BCUT2D eigenvalue weighted by molar-refractivity contribution is 9.09. The first-order valence-electron chi connectivity index (χ1n) is 4.21. The van der Waals surface area contributed by atoms with Gasteiger partial charge in [0.15, 0.2) is 0 Å². The number of hydrogen-bond donors (Lipinski definition) is 0. The van der Waals surface area contributed by atoms with Gasteiger partial charge < -0.3 is 9.47 Å². The van der Waals surface area contributed by atoms with E-state index in [-0.39, 0.29) is 10.8 Å². The maximum Gasteiger partial charge on any atom is 0.338 e. The maximum atomic E-state index is 11.3. The van der Waals surface area contributed by atoms with Gasteiger partial charge in [0.1, 0.15) is 12.4 Å². The van der Waals surface area contributed by atoms with Gasteiger partial charge in [-0.3, -0.25) is 0 Å². The molecule has 3 nitrogen and oxygen atoms in total. The Kier molecular flexibility index (Phi) is 2.46. The highest BCUT2D eigenvalue weighted by Crippen LogP contribution is 2.33. The summed E-state index contributed by atoms with van der Waals surface area (Å²) < 4.78 is 10.1. The van der Waals surface area contributed by atoms with E-state index in [0.717, 1.165) is 11.3 Å². The van der Waals surface area contributed by atoms with Gasteiger partial charge in [-0.05, 0) is 23.8 Å². The zero-order valence-electron chi connectivity index (χ0n) is 7.62. The summed E-state index contributed by atoms with van der Waals surface area (Å²) in [6.45, 7) is 0.374. The molecular formula is C10H9BrO3. The minimum Gasteiger partial charge on any atom is -0.497 e. The molecule has 1 aliphatic rings. The molecular weight excluding hydrogens is 248 g/mol. The van der Waals surface area contributed by atoms with Gasteiger partial charge in [-0.1, -0.05) is 15.9 Å². The lowest BCUT2D eigenvalue weighted by molar-refractivity contribution is 0.0478. The Morgan fingerprint density at radius 2 is 2.36 bits per heavy atom. The first-order chi connectivity index (χ1) is 6.72. The molecule has 1 unspecified atom stereocenters. The number of carbonyl (C=O) groups is 1. The smallest absolute Gasteiger partial charge is 0.338 e. The minimum atomic E-state index is -0.265. The van der Waals surface area contributed by atoms with Crippen molar-refractivity contribution >= 4 is 21.9 Å². The number of fused-ring (bicyclic) bond motifs is 1. The summed E-state index contributed by atoms with van der Waals surface area (Å²) >= 11 is 3.45. The Labute approximate surface area is 90.1 Å². The van der Waals surface area contributed by atoms with Crippen LogP contribution in [0.5, 0.6) is 5.75 Å². The first-order valence-corrected chi connectivity index (χ1v) is 5.13. The van der Waals surface area contributed by atoms with Crippen LogP contribution < -0.4 is 4.74 Å². The summed E-state index contributed by atoms with van der Waals surface area (Å²) in [6, 6.07) is 5.34. The van der Waals surface area contributed by atoms with E-state index in [2.05, 4.69) is 15.9 Å². The van der Waals surface area contributed by atoms with Crippen LogP contribution in [0.4, 0.5) is 0 Å². The third-order valence-corrected chi connectivity index (χ3v) is 2.93. The highest BCUT2D eigenvalue weighted by atomic mass is 79.9. The number of ether oxygens (including phenoxy) is 2. The van der Waals surface area contributed by atoms with Gasteiger partial charge in [-0.2, -0.15) is 0 Å². The third-order valence-electron chi connectivity index (χ3n) is 2.18. The van der Waals surface area contributed by atoms with Crippen molar-refractivity contribution in [3.05, 3.63) is 29.3 Å². The van der Waals surface area contributed by atoms with Crippen molar-refractivity contribution in [3.8, 4) is 5.75 Å². The summed E-state index contributed by atoms with van der Waals surface area (Å²) in [7, 11) is 1.60. The molecule has 0 saturated carbocycles. The average molecular weight is 257 g/mol. The molecule has 0 N–H and O–H groups in total. The number of methoxy groups -OCH3 is 1. The predicted molar refractivity (Wildman–Crippen MR) is 54.9 cm³/mol. The lowest BCUT2D eigenvalue weighted by atomic mass is 10.0. The van der Waals surface area contributed by atoms with Gasteiger partial charge in [0.2, 0.25) is 0 Å². The predicted octanol–water partition coefficient (Wildman–Crippen LogP) is 2.30. The van der Waals surface area contributed by atoms with Gasteiger partial charge in [0.05, 0.1) is 17.5 Å². The molecule has 0 aromatic heterocycles. The number of esters is 1. The van der Waals surface area contributed by atoms with Crippen molar-refractivity contribution in [2.24, 2.45) is 0 Å². The monoisotopic (exact) mass is 256 g/mol. The number of hydrogen-bond acceptors (Lipinski definition) is 3. The number of carbonyl (C=O) groups excluding carboxylic acids is 1. The van der Waals surface area contributed by atoms with E-state index < -0.39 is 0 Å². The molecule has 74 valence electrons. The molecule has 1 atom stereocenters. The van der Waals surface area contributed by atoms with E-state index >= 15 is 0 Å². The summed E-state index contributed by atoms with van der Waals surface area (Å²) in [6.07, 6.45) is 0. The molecule has 0 aliphatic carbocycles. The van der Waals surface area contributed by atoms with Gasteiger partial charge in [0.25, 0.3) is 0 Å². The van der Waals surface area contributed by atoms with Crippen molar-refractivity contribution in [1.29, 1.82) is 0 Å². The first kappa shape index (κ1) is 9.52. The van der Waals surface area contributed by atoms with E-state index in [4.69, 9.17) is 9.47 Å². The molecule has 1 aromatic carbocycles. The second kappa shape index (κ2) is 3.61. The Bertz CT molecular complexity index is 376. The van der Waals surface area contributed by atoms with Crippen LogP contribution in [0.1, 0.15) is 20.7 Å². The summed E-state index contributed by atoms with van der Waals surface area (Å²) in [4.78, 5) is 11.4. The van der Waals surface area contributed by atoms with Crippen molar-refractivity contribution in [1.82, 2.24) is 0 Å². The quantitative estimate of drug-likeness (QED) is 0.572. The second-order valence-corrected chi connectivity index (χ2v) is 4.12. The summed E-state index contributed by atoms with van der Waals surface area (Å²) in [5.41, 5.74) is 1.54. The van der Waals surface area contributed by atoms with E-state index in [1.807, 2.05) is 6.07 Å². The van der Waals surface area contributed by atoms with Crippen LogP contribution in [-0.4, -0.2) is 19.7 Å². The fourth-order valence-electron chi connectivity index (χ4n) is 1.43. The zero-order valence-corrected chi connectivity index (χ0v) is 9.21. The molecule has 0 bridgehead atoms. The van der Waals surface area contributed by atoms with Crippen LogP contribution in [0.3, 0.4) is 0 Å². The van der Waals surface area contributed by atoms with E-state index in [9.17, 15) is 4.79 Å². The molecule has 1 aliphatic heterocycles. The zero-order chi connectivity index (χ0) is 10.1. The maximum absolute atomic E-state index is 11.3. The van der Waals surface area contributed by atoms with Gasteiger partial charge in [0, 0.05) is 0 Å². The van der Waals surface area contributed by atoms with Crippen LogP contribution in [-0.2, 0) is 4.74 Å². The molecule has 14 heavy (non-hydrogen) atoms. The molecule has 0 saturated heterocycles. The molecule has 0 amide bonds. The van der Waals surface area contributed by atoms with E-state index in [0.29, 0.717) is 12.2 Å². The average Bonchev–Trinajstić information content (AvgIpc) is 2.23. The largest absolute Gasteiger partial charge is 0.497 e. The second-order valence-electron chi connectivity index (χ2n) is 3.02. The van der Waals surface area contributed by atoms with Crippen LogP contribution >= 0.6 is 15.9 Å². The SMILES string of the molecule is COc1ccc2c(c1)C(Br)COC2=O. The molecule has 2 rings (SSSR count). The normalized spacial score (nSPS) is 19.9. The number of benzene rings is 1. The standard InChI is InChI=1S/C10H9BrO3/c1-13-6-2-3-7-8(4-6)9(11)5-14-10(7)12/h2-4,9H,5H2,1H3. The number of rotatable bonds is 1. The Morgan fingerprint density at radius 1 is 1.57 bits per heavy atom.